The fraction of sp³-hybridized carbons (Fsp3) is 0.400. The summed E-state index contributed by atoms with van der Waals surface area (Å²) in [6.07, 6.45) is 1.51. The molecule has 0 unspecified atom stereocenters. The average Bonchev–Trinajstić information content (AvgIpc) is 2.97. The summed E-state index contributed by atoms with van der Waals surface area (Å²) in [6, 6.07) is 8.34. The van der Waals surface area contributed by atoms with Gasteiger partial charge < -0.3 is 0 Å². The minimum atomic E-state index is -0.938. The number of carbonyl (C=O) groups is 3. The van der Waals surface area contributed by atoms with Crippen LogP contribution in [0.5, 0.6) is 0 Å². The van der Waals surface area contributed by atoms with Crippen molar-refractivity contribution in [2.24, 2.45) is 0 Å². The first-order valence-electron chi connectivity index (χ1n) is 6.84. The van der Waals surface area contributed by atoms with Gasteiger partial charge in [0.2, 0.25) is 0 Å². The van der Waals surface area contributed by atoms with Crippen molar-refractivity contribution in [3.05, 3.63) is 35.9 Å². The number of aliphatic carboxylic acids is 1. The molecule has 1 fully saturated rings. The van der Waals surface area contributed by atoms with Crippen LogP contribution in [0, 0.1) is 0 Å². The van der Waals surface area contributed by atoms with Gasteiger partial charge in [0, 0.05) is 0 Å². The number of carboxylic acid groups (broad SMARTS) is 1. The molecule has 1 aliphatic rings. The Morgan fingerprint density at radius 2 is 1.95 bits per heavy atom. The van der Waals surface area contributed by atoms with Crippen molar-refractivity contribution in [2.75, 3.05) is 6.54 Å². The summed E-state index contributed by atoms with van der Waals surface area (Å²) in [5.74, 6) is -1.09. The molecule has 1 aliphatic heterocycles. The summed E-state index contributed by atoms with van der Waals surface area (Å²) in [5.41, 5.74) is 0.675. The number of rotatable bonds is 6. The third kappa shape index (κ3) is 4.16. The maximum absolute atomic E-state index is 12.0. The molecule has 0 saturated carbocycles. The maximum atomic E-state index is 12.0. The van der Waals surface area contributed by atoms with E-state index < -0.39 is 12.0 Å². The van der Waals surface area contributed by atoms with Gasteiger partial charge in [-0.2, -0.15) is 0 Å². The predicted molar refractivity (Wildman–Crippen MR) is 78.3 cm³/mol. The number of carboxylic acids is 1. The third-order valence-electron chi connectivity index (χ3n) is 3.42. The van der Waals surface area contributed by atoms with Gasteiger partial charge in [-0.3, -0.25) is 0 Å². The van der Waals surface area contributed by atoms with E-state index in [9.17, 15) is 14.4 Å². The molecule has 0 aromatic heterocycles. The number of amides is 1. The standard InChI is InChI=1S/C15H17NO4Se/c17-13(16-9-4-7-12(16)14(18)19)8-10-21-15(20)11-5-2-1-3-6-11/h1-3,5-6,12H,4,7-10H2,(H,18,19)/t12-/m0/s1. The van der Waals surface area contributed by atoms with E-state index in [0.717, 1.165) is 6.42 Å². The quantitative estimate of drug-likeness (QED) is 0.784. The van der Waals surface area contributed by atoms with Gasteiger partial charge in [0.15, 0.2) is 0 Å². The number of hydrogen-bond acceptors (Lipinski definition) is 3. The number of benzene rings is 1. The van der Waals surface area contributed by atoms with Gasteiger partial charge in [0.1, 0.15) is 0 Å². The van der Waals surface area contributed by atoms with Crippen LogP contribution >= 0.6 is 0 Å². The Balaban J connectivity index is 1.79. The van der Waals surface area contributed by atoms with Gasteiger partial charge in [-0.05, 0) is 0 Å². The fourth-order valence-electron chi connectivity index (χ4n) is 2.35. The summed E-state index contributed by atoms with van der Waals surface area (Å²) < 4.78 is 0.0760. The van der Waals surface area contributed by atoms with Crippen LogP contribution in [-0.4, -0.2) is 54.1 Å². The second-order valence-electron chi connectivity index (χ2n) is 4.84. The van der Waals surface area contributed by atoms with Crippen LogP contribution in [0.25, 0.3) is 0 Å². The molecule has 21 heavy (non-hydrogen) atoms. The Kier molecular flexibility index (Phi) is 5.53. The third-order valence-corrected chi connectivity index (χ3v) is 5.32. The molecule has 112 valence electrons. The molecule has 1 atom stereocenters. The first kappa shape index (κ1) is 15.7. The van der Waals surface area contributed by atoms with E-state index in [4.69, 9.17) is 5.11 Å². The average molecular weight is 354 g/mol. The van der Waals surface area contributed by atoms with Gasteiger partial charge in [0.05, 0.1) is 0 Å². The van der Waals surface area contributed by atoms with E-state index in [1.165, 1.54) is 4.90 Å². The molecule has 6 heteroatoms. The summed E-state index contributed by atoms with van der Waals surface area (Å²) >= 11 is -0.282. The zero-order valence-corrected chi connectivity index (χ0v) is 13.2. The number of nitrogens with zero attached hydrogens (tertiary/aromatic N) is 1. The molecule has 1 amide bonds. The van der Waals surface area contributed by atoms with Crippen LogP contribution in [0.4, 0.5) is 0 Å². The van der Waals surface area contributed by atoms with Gasteiger partial charge in [-0.15, -0.1) is 0 Å². The Bertz CT molecular complexity index is 532. The van der Waals surface area contributed by atoms with Gasteiger partial charge >= 0.3 is 129 Å². The second kappa shape index (κ2) is 7.38. The van der Waals surface area contributed by atoms with Gasteiger partial charge in [-0.25, -0.2) is 0 Å². The fourth-order valence-corrected chi connectivity index (χ4v) is 3.96. The molecule has 0 aliphatic carbocycles. The Morgan fingerprint density at radius 3 is 2.62 bits per heavy atom. The van der Waals surface area contributed by atoms with E-state index in [1.807, 2.05) is 18.2 Å². The Morgan fingerprint density at radius 1 is 1.24 bits per heavy atom. The molecule has 1 saturated heterocycles. The predicted octanol–water partition coefficient (Wildman–Crippen LogP) is 1.41. The van der Waals surface area contributed by atoms with Crippen molar-refractivity contribution in [1.29, 1.82) is 0 Å². The molecular weight excluding hydrogens is 337 g/mol. The van der Waals surface area contributed by atoms with E-state index in [1.54, 1.807) is 12.1 Å². The first-order valence-corrected chi connectivity index (χ1v) is 8.91. The summed E-state index contributed by atoms with van der Waals surface area (Å²) in [5, 5.41) is 9.57. The van der Waals surface area contributed by atoms with Crippen LogP contribution in [0.2, 0.25) is 5.32 Å². The van der Waals surface area contributed by atoms with Gasteiger partial charge in [-0.1, -0.05) is 0 Å². The van der Waals surface area contributed by atoms with Gasteiger partial charge in [0.25, 0.3) is 0 Å². The molecule has 5 nitrogen and oxygen atoms in total. The van der Waals surface area contributed by atoms with E-state index >= 15 is 0 Å². The van der Waals surface area contributed by atoms with Crippen molar-refractivity contribution in [2.45, 2.75) is 30.6 Å². The number of likely N-dealkylation sites (tertiary alicyclic amines) is 1. The molecule has 1 aromatic rings. The van der Waals surface area contributed by atoms with Crippen molar-refractivity contribution in [3.8, 4) is 0 Å². The topological polar surface area (TPSA) is 74.7 Å². The molecule has 0 radical (unpaired) electrons. The molecule has 0 bridgehead atoms. The summed E-state index contributed by atoms with van der Waals surface area (Å²) in [7, 11) is 0. The van der Waals surface area contributed by atoms with Crippen molar-refractivity contribution >= 4 is 31.5 Å². The molecular formula is C15H17NO4Se. The molecule has 1 heterocycles. The SMILES string of the molecule is O=C([Se]CCC(=O)N1CCC[C@H]1C(=O)O)c1ccccc1. The van der Waals surface area contributed by atoms with Crippen molar-refractivity contribution in [3.63, 3.8) is 0 Å². The van der Waals surface area contributed by atoms with Crippen LogP contribution in [0.15, 0.2) is 30.3 Å². The van der Waals surface area contributed by atoms with Crippen molar-refractivity contribution < 1.29 is 19.5 Å². The van der Waals surface area contributed by atoms with E-state index in [-0.39, 0.29) is 32.0 Å². The number of hydrogen-bond donors (Lipinski definition) is 1. The zero-order valence-electron chi connectivity index (χ0n) is 11.5. The monoisotopic (exact) mass is 355 g/mol. The molecule has 2 rings (SSSR count). The van der Waals surface area contributed by atoms with Crippen LogP contribution in [-0.2, 0) is 9.59 Å². The minimum absolute atomic E-state index is 0.0760. The van der Waals surface area contributed by atoms with Crippen molar-refractivity contribution in [1.82, 2.24) is 4.90 Å². The number of carbonyl (C=O) groups excluding carboxylic acids is 2. The second-order valence-corrected chi connectivity index (χ2v) is 7.08. The molecule has 1 N–H and O–H groups in total. The normalized spacial score (nSPS) is 17.7. The summed E-state index contributed by atoms with van der Waals surface area (Å²) in [6.45, 7) is 0.509. The van der Waals surface area contributed by atoms with Crippen LogP contribution in [0.3, 0.4) is 0 Å². The van der Waals surface area contributed by atoms with E-state index in [2.05, 4.69) is 0 Å². The zero-order chi connectivity index (χ0) is 15.2. The summed E-state index contributed by atoms with van der Waals surface area (Å²) in [4.78, 5) is 36.4. The Hall–Kier alpha value is -1.65. The van der Waals surface area contributed by atoms with Crippen LogP contribution in [0.1, 0.15) is 29.6 Å². The van der Waals surface area contributed by atoms with E-state index in [0.29, 0.717) is 23.8 Å². The Labute approximate surface area is 129 Å². The molecule has 0 spiro atoms. The first-order chi connectivity index (χ1) is 10.1. The molecule has 1 aromatic carbocycles. The van der Waals surface area contributed by atoms with Crippen LogP contribution < -0.4 is 0 Å².